The van der Waals surface area contributed by atoms with E-state index in [9.17, 15) is 4.79 Å². The molecule has 1 aromatic rings. The molecular formula is C17H23N3O. The van der Waals surface area contributed by atoms with Crippen LogP contribution in [0.3, 0.4) is 0 Å². The Kier molecular flexibility index (Phi) is 2.71. The molecule has 3 N–H and O–H groups in total. The summed E-state index contributed by atoms with van der Waals surface area (Å²) in [6.45, 7) is 1.91. The van der Waals surface area contributed by atoms with Crippen LogP contribution in [0.2, 0.25) is 0 Å². The molecule has 4 fully saturated rings. The summed E-state index contributed by atoms with van der Waals surface area (Å²) in [5.41, 5.74) is 7.85. The van der Waals surface area contributed by atoms with Crippen LogP contribution in [-0.4, -0.2) is 22.0 Å². The monoisotopic (exact) mass is 285 g/mol. The minimum Gasteiger partial charge on any atom is -0.345 e. The SMILES string of the molecule is Cc1cccc(C(=O)NC23CC4CC(CC(N)(C4)C2)C3)n1. The third-order valence-electron chi connectivity index (χ3n) is 5.61. The van der Waals surface area contributed by atoms with E-state index in [2.05, 4.69) is 10.3 Å². The molecule has 0 aromatic carbocycles. The smallest absolute Gasteiger partial charge is 0.270 e. The quantitative estimate of drug-likeness (QED) is 0.875. The molecular weight excluding hydrogens is 262 g/mol. The van der Waals surface area contributed by atoms with Crippen molar-refractivity contribution >= 4 is 5.91 Å². The molecule has 2 unspecified atom stereocenters. The van der Waals surface area contributed by atoms with Gasteiger partial charge in [0.2, 0.25) is 0 Å². The normalized spacial score (nSPS) is 40.3. The van der Waals surface area contributed by atoms with Gasteiger partial charge >= 0.3 is 0 Å². The van der Waals surface area contributed by atoms with Crippen LogP contribution in [0, 0.1) is 18.8 Å². The number of rotatable bonds is 2. The molecule has 2 atom stereocenters. The topological polar surface area (TPSA) is 68.0 Å². The van der Waals surface area contributed by atoms with Crippen LogP contribution in [0.5, 0.6) is 0 Å². The predicted molar refractivity (Wildman–Crippen MR) is 80.8 cm³/mol. The van der Waals surface area contributed by atoms with Crippen molar-refractivity contribution in [2.45, 2.75) is 56.5 Å². The van der Waals surface area contributed by atoms with E-state index in [1.165, 1.54) is 6.42 Å². The molecule has 0 saturated heterocycles. The number of aromatic nitrogens is 1. The molecule has 4 bridgehead atoms. The standard InChI is InChI=1S/C17H23N3O/c1-11-3-2-4-14(19-11)15(21)20-17-8-12-5-13(9-17)7-16(18,6-12)10-17/h2-4,12-13H,5-10,18H2,1H3,(H,20,21). The van der Waals surface area contributed by atoms with E-state index in [-0.39, 0.29) is 17.0 Å². The molecule has 0 aliphatic heterocycles. The van der Waals surface area contributed by atoms with Gasteiger partial charge in [-0.1, -0.05) is 6.07 Å². The summed E-state index contributed by atoms with van der Waals surface area (Å²) >= 11 is 0. The fraction of sp³-hybridized carbons (Fsp3) is 0.647. The largest absolute Gasteiger partial charge is 0.345 e. The number of nitrogens with two attached hydrogens (primary N) is 1. The highest BCUT2D eigenvalue weighted by atomic mass is 16.2. The highest BCUT2D eigenvalue weighted by Crippen LogP contribution is 2.56. The molecule has 1 aromatic heterocycles. The van der Waals surface area contributed by atoms with Crippen LogP contribution < -0.4 is 11.1 Å². The van der Waals surface area contributed by atoms with Gasteiger partial charge in [0, 0.05) is 16.8 Å². The van der Waals surface area contributed by atoms with Crippen LogP contribution in [0.1, 0.15) is 54.7 Å². The second-order valence-corrected chi connectivity index (χ2v) is 7.72. The van der Waals surface area contributed by atoms with Gasteiger partial charge in [0.05, 0.1) is 0 Å². The highest BCUT2D eigenvalue weighted by molar-refractivity contribution is 5.92. The zero-order valence-electron chi connectivity index (χ0n) is 12.6. The van der Waals surface area contributed by atoms with Crippen molar-refractivity contribution in [1.82, 2.24) is 10.3 Å². The van der Waals surface area contributed by atoms with E-state index < -0.39 is 0 Å². The number of pyridine rings is 1. The Morgan fingerprint density at radius 3 is 2.62 bits per heavy atom. The maximum Gasteiger partial charge on any atom is 0.270 e. The lowest BCUT2D eigenvalue weighted by atomic mass is 9.50. The molecule has 4 saturated carbocycles. The first kappa shape index (κ1) is 13.3. The van der Waals surface area contributed by atoms with E-state index in [1.54, 1.807) is 6.07 Å². The van der Waals surface area contributed by atoms with E-state index in [0.717, 1.165) is 37.8 Å². The summed E-state index contributed by atoms with van der Waals surface area (Å²) in [7, 11) is 0. The highest BCUT2D eigenvalue weighted by Gasteiger charge is 2.56. The van der Waals surface area contributed by atoms with Crippen LogP contribution >= 0.6 is 0 Å². The molecule has 1 heterocycles. The molecule has 4 heteroatoms. The molecule has 5 rings (SSSR count). The Morgan fingerprint density at radius 1 is 1.29 bits per heavy atom. The lowest BCUT2D eigenvalue weighted by molar-refractivity contribution is -0.0321. The summed E-state index contributed by atoms with van der Waals surface area (Å²) in [4.78, 5) is 16.9. The number of amides is 1. The Labute approximate surface area is 125 Å². The van der Waals surface area contributed by atoms with Crippen LogP contribution in [-0.2, 0) is 0 Å². The van der Waals surface area contributed by atoms with E-state index in [1.807, 2.05) is 19.1 Å². The number of nitrogens with zero attached hydrogens (tertiary/aromatic N) is 1. The average molecular weight is 285 g/mol. The Hall–Kier alpha value is -1.42. The summed E-state index contributed by atoms with van der Waals surface area (Å²) in [6, 6.07) is 5.60. The fourth-order valence-corrected chi connectivity index (χ4v) is 5.45. The number of hydrogen-bond acceptors (Lipinski definition) is 3. The van der Waals surface area contributed by atoms with Gasteiger partial charge in [-0.25, -0.2) is 4.98 Å². The summed E-state index contributed by atoms with van der Waals surface area (Å²) in [5, 5.41) is 3.31. The molecule has 0 radical (unpaired) electrons. The second-order valence-electron chi connectivity index (χ2n) is 7.72. The van der Waals surface area contributed by atoms with Crippen LogP contribution in [0.4, 0.5) is 0 Å². The van der Waals surface area contributed by atoms with Gasteiger partial charge < -0.3 is 11.1 Å². The predicted octanol–water partition coefficient (Wildman–Crippen LogP) is 2.17. The van der Waals surface area contributed by atoms with Gasteiger partial charge in [-0.05, 0) is 69.4 Å². The first-order chi connectivity index (χ1) is 9.95. The number of hydrogen-bond donors (Lipinski definition) is 2. The molecule has 0 spiro atoms. The first-order valence-electron chi connectivity index (χ1n) is 8.00. The summed E-state index contributed by atoms with van der Waals surface area (Å²) in [6.07, 6.45) is 6.72. The lowest BCUT2D eigenvalue weighted by Gasteiger charge is -2.61. The van der Waals surface area contributed by atoms with E-state index >= 15 is 0 Å². The zero-order valence-corrected chi connectivity index (χ0v) is 12.6. The van der Waals surface area contributed by atoms with Crippen molar-refractivity contribution in [3.05, 3.63) is 29.6 Å². The van der Waals surface area contributed by atoms with Gasteiger partial charge in [-0.2, -0.15) is 0 Å². The minimum absolute atomic E-state index is 0.0377. The lowest BCUT2D eigenvalue weighted by Crippen LogP contribution is -2.68. The Balaban J connectivity index is 1.58. The minimum atomic E-state index is -0.0820. The Bertz CT molecular complexity index is 583. The van der Waals surface area contributed by atoms with Gasteiger partial charge in [0.25, 0.3) is 5.91 Å². The number of nitrogens with one attached hydrogen (secondary N) is 1. The average Bonchev–Trinajstić information content (AvgIpc) is 2.34. The Morgan fingerprint density at radius 2 is 2.00 bits per heavy atom. The van der Waals surface area contributed by atoms with Crippen molar-refractivity contribution in [2.24, 2.45) is 17.6 Å². The molecule has 1 amide bonds. The van der Waals surface area contributed by atoms with Crippen molar-refractivity contribution in [2.75, 3.05) is 0 Å². The van der Waals surface area contributed by atoms with Crippen molar-refractivity contribution in [1.29, 1.82) is 0 Å². The third-order valence-corrected chi connectivity index (χ3v) is 5.61. The van der Waals surface area contributed by atoms with Gasteiger partial charge in [0.15, 0.2) is 0 Å². The molecule has 112 valence electrons. The second kappa shape index (κ2) is 4.29. The van der Waals surface area contributed by atoms with Gasteiger partial charge in [-0.3, -0.25) is 4.79 Å². The van der Waals surface area contributed by atoms with Gasteiger partial charge in [0.1, 0.15) is 5.69 Å². The molecule has 4 aliphatic rings. The molecule has 21 heavy (non-hydrogen) atoms. The summed E-state index contributed by atoms with van der Waals surface area (Å²) in [5.74, 6) is 1.35. The summed E-state index contributed by atoms with van der Waals surface area (Å²) < 4.78 is 0. The first-order valence-corrected chi connectivity index (χ1v) is 8.00. The number of carbonyl (C=O) groups excluding carboxylic acids is 1. The fourth-order valence-electron chi connectivity index (χ4n) is 5.45. The van der Waals surface area contributed by atoms with Crippen molar-refractivity contribution < 1.29 is 4.79 Å². The van der Waals surface area contributed by atoms with Crippen LogP contribution in [0.15, 0.2) is 18.2 Å². The maximum absolute atomic E-state index is 12.6. The van der Waals surface area contributed by atoms with Gasteiger partial charge in [-0.15, -0.1) is 0 Å². The zero-order chi connectivity index (χ0) is 14.7. The van der Waals surface area contributed by atoms with Crippen LogP contribution in [0.25, 0.3) is 0 Å². The van der Waals surface area contributed by atoms with E-state index in [4.69, 9.17) is 5.73 Å². The number of aryl methyl sites for hydroxylation is 1. The maximum atomic E-state index is 12.6. The van der Waals surface area contributed by atoms with E-state index in [0.29, 0.717) is 17.5 Å². The number of carbonyl (C=O) groups is 1. The van der Waals surface area contributed by atoms with Crippen molar-refractivity contribution in [3.63, 3.8) is 0 Å². The third kappa shape index (κ3) is 2.26. The molecule has 4 aliphatic carbocycles. The molecule has 4 nitrogen and oxygen atoms in total. The van der Waals surface area contributed by atoms with Crippen molar-refractivity contribution in [3.8, 4) is 0 Å².